The van der Waals surface area contributed by atoms with E-state index in [1.165, 1.54) is 12.8 Å². The smallest absolute Gasteiger partial charge is 0.0594 e. The molecule has 2 aliphatic rings. The van der Waals surface area contributed by atoms with Crippen molar-refractivity contribution in [3.05, 3.63) is 0 Å². The third-order valence-electron chi connectivity index (χ3n) is 5.10. The molecule has 1 aliphatic heterocycles. The molecule has 5 heteroatoms. The second-order valence-corrected chi connectivity index (χ2v) is 6.31. The summed E-state index contributed by atoms with van der Waals surface area (Å²) in [6.45, 7) is 7.93. The lowest BCUT2D eigenvalue weighted by atomic mass is 9.78. The highest BCUT2D eigenvalue weighted by atomic mass is 16.5. The summed E-state index contributed by atoms with van der Waals surface area (Å²) in [5.74, 6) is 0. The quantitative estimate of drug-likeness (QED) is 0.736. The molecule has 1 heterocycles. The third kappa shape index (κ3) is 3.92. The van der Waals surface area contributed by atoms with Crippen LogP contribution in [0.5, 0.6) is 0 Å². The summed E-state index contributed by atoms with van der Waals surface area (Å²) in [5.41, 5.74) is 0.310. The molecule has 0 spiro atoms. The topological polar surface area (TPSA) is 56.2 Å². The highest BCUT2D eigenvalue weighted by molar-refractivity contribution is 4.94. The maximum atomic E-state index is 9.16. The summed E-state index contributed by atoms with van der Waals surface area (Å²) >= 11 is 0. The van der Waals surface area contributed by atoms with Crippen LogP contribution in [0.25, 0.3) is 0 Å². The summed E-state index contributed by atoms with van der Waals surface area (Å²) in [4.78, 5) is 4.84. The Bertz CT molecular complexity index is 268. The van der Waals surface area contributed by atoms with Crippen LogP contribution in [0.3, 0.4) is 0 Å². The maximum absolute atomic E-state index is 9.16. The molecule has 2 rings (SSSR count). The Balaban J connectivity index is 1.86. The Morgan fingerprint density at radius 1 is 1.10 bits per heavy atom. The molecular formula is C15H30N2O3. The highest BCUT2D eigenvalue weighted by Crippen LogP contribution is 2.35. The number of morpholine rings is 1. The van der Waals surface area contributed by atoms with Gasteiger partial charge in [-0.05, 0) is 32.6 Å². The van der Waals surface area contributed by atoms with Gasteiger partial charge in [-0.3, -0.25) is 9.80 Å². The normalized spacial score (nSPS) is 32.7. The fraction of sp³-hybridized carbons (Fsp3) is 1.00. The lowest BCUT2D eigenvalue weighted by Gasteiger charge is -2.48. The van der Waals surface area contributed by atoms with Crippen LogP contribution in [0.2, 0.25) is 0 Å². The molecule has 0 amide bonds. The van der Waals surface area contributed by atoms with Gasteiger partial charge in [0.1, 0.15) is 0 Å². The van der Waals surface area contributed by atoms with Crippen LogP contribution in [0, 0.1) is 0 Å². The van der Waals surface area contributed by atoms with Crippen LogP contribution >= 0.6 is 0 Å². The van der Waals surface area contributed by atoms with Crippen molar-refractivity contribution in [1.29, 1.82) is 0 Å². The number of rotatable bonds is 6. The molecule has 118 valence electrons. The minimum Gasteiger partial charge on any atom is -0.395 e. The molecule has 0 unspecified atom stereocenters. The first-order chi connectivity index (χ1) is 9.69. The fourth-order valence-corrected chi connectivity index (χ4v) is 3.74. The van der Waals surface area contributed by atoms with Crippen molar-refractivity contribution in [1.82, 2.24) is 9.80 Å². The van der Waals surface area contributed by atoms with Gasteiger partial charge in [-0.2, -0.15) is 0 Å². The van der Waals surface area contributed by atoms with Gasteiger partial charge in [-0.25, -0.2) is 0 Å². The number of hydrogen-bond acceptors (Lipinski definition) is 5. The van der Waals surface area contributed by atoms with E-state index in [9.17, 15) is 0 Å². The molecule has 0 radical (unpaired) electrons. The third-order valence-corrected chi connectivity index (χ3v) is 5.10. The largest absolute Gasteiger partial charge is 0.395 e. The molecule has 0 atom stereocenters. The van der Waals surface area contributed by atoms with Crippen molar-refractivity contribution >= 4 is 0 Å². The van der Waals surface area contributed by atoms with E-state index in [2.05, 4.69) is 16.7 Å². The van der Waals surface area contributed by atoms with Gasteiger partial charge in [0.2, 0.25) is 0 Å². The summed E-state index contributed by atoms with van der Waals surface area (Å²) in [5, 5.41) is 18.3. The van der Waals surface area contributed by atoms with Crippen molar-refractivity contribution in [3.63, 3.8) is 0 Å². The van der Waals surface area contributed by atoms with Crippen molar-refractivity contribution in [3.8, 4) is 0 Å². The zero-order chi connectivity index (χ0) is 14.4. The molecule has 0 aromatic heterocycles. The molecule has 2 fully saturated rings. The SMILES string of the molecule is CC1(N2CCOCC2)CCC(N(CCO)CCO)CC1. The number of aliphatic hydroxyl groups is 2. The summed E-state index contributed by atoms with van der Waals surface area (Å²) in [6.07, 6.45) is 4.72. The Morgan fingerprint density at radius 2 is 1.65 bits per heavy atom. The first-order valence-electron chi connectivity index (χ1n) is 7.98. The Hall–Kier alpha value is -0.200. The van der Waals surface area contributed by atoms with E-state index in [0.717, 1.165) is 39.1 Å². The maximum Gasteiger partial charge on any atom is 0.0594 e. The molecule has 1 saturated heterocycles. The molecular weight excluding hydrogens is 256 g/mol. The van der Waals surface area contributed by atoms with Crippen LogP contribution in [-0.2, 0) is 4.74 Å². The van der Waals surface area contributed by atoms with Gasteiger partial charge in [0.05, 0.1) is 26.4 Å². The van der Waals surface area contributed by atoms with Crippen LogP contribution in [-0.4, -0.2) is 84.2 Å². The monoisotopic (exact) mass is 286 g/mol. The second kappa shape index (κ2) is 7.71. The fourth-order valence-electron chi connectivity index (χ4n) is 3.74. The molecule has 20 heavy (non-hydrogen) atoms. The predicted molar refractivity (Wildman–Crippen MR) is 78.8 cm³/mol. The van der Waals surface area contributed by atoms with Crippen LogP contribution in [0.1, 0.15) is 32.6 Å². The van der Waals surface area contributed by atoms with Crippen molar-refractivity contribution in [2.45, 2.75) is 44.2 Å². The Kier molecular flexibility index (Phi) is 6.23. The minimum absolute atomic E-state index is 0.178. The molecule has 5 nitrogen and oxygen atoms in total. The zero-order valence-corrected chi connectivity index (χ0v) is 12.8. The molecule has 0 bridgehead atoms. The van der Waals surface area contributed by atoms with E-state index in [-0.39, 0.29) is 13.2 Å². The molecule has 0 aromatic carbocycles. The van der Waals surface area contributed by atoms with E-state index in [0.29, 0.717) is 24.7 Å². The van der Waals surface area contributed by atoms with Gasteiger partial charge in [0.15, 0.2) is 0 Å². The number of aliphatic hydroxyl groups excluding tert-OH is 2. The lowest BCUT2D eigenvalue weighted by molar-refractivity contribution is -0.0405. The number of nitrogens with zero attached hydrogens (tertiary/aromatic N) is 2. The Labute approximate surface area is 122 Å². The molecule has 1 saturated carbocycles. The van der Waals surface area contributed by atoms with Gasteiger partial charge in [0.25, 0.3) is 0 Å². The van der Waals surface area contributed by atoms with E-state index in [4.69, 9.17) is 14.9 Å². The van der Waals surface area contributed by atoms with Gasteiger partial charge >= 0.3 is 0 Å². The van der Waals surface area contributed by atoms with E-state index in [1.54, 1.807) is 0 Å². The molecule has 1 aliphatic carbocycles. The van der Waals surface area contributed by atoms with Crippen molar-refractivity contribution < 1.29 is 14.9 Å². The van der Waals surface area contributed by atoms with Crippen molar-refractivity contribution in [2.75, 3.05) is 52.6 Å². The Morgan fingerprint density at radius 3 is 2.15 bits per heavy atom. The number of ether oxygens (including phenoxy) is 1. The van der Waals surface area contributed by atoms with Crippen LogP contribution < -0.4 is 0 Å². The van der Waals surface area contributed by atoms with Gasteiger partial charge in [-0.15, -0.1) is 0 Å². The standard InChI is InChI=1S/C15H30N2O3/c1-15(17-8-12-20-13-9-17)4-2-14(3-5-15)16(6-10-18)7-11-19/h14,18-19H,2-13H2,1H3. The van der Waals surface area contributed by atoms with Gasteiger partial charge in [-0.1, -0.05) is 0 Å². The average molecular weight is 286 g/mol. The zero-order valence-electron chi connectivity index (χ0n) is 12.8. The number of hydrogen-bond donors (Lipinski definition) is 2. The van der Waals surface area contributed by atoms with Gasteiger partial charge in [0, 0.05) is 37.8 Å². The van der Waals surface area contributed by atoms with E-state index in [1.807, 2.05) is 0 Å². The predicted octanol–water partition coefficient (Wildman–Crippen LogP) is 0.307. The van der Waals surface area contributed by atoms with E-state index < -0.39 is 0 Å². The molecule has 0 aromatic rings. The lowest BCUT2D eigenvalue weighted by Crippen LogP contribution is -2.55. The summed E-state index contributed by atoms with van der Waals surface area (Å²) < 4.78 is 5.45. The highest BCUT2D eigenvalue weighted by Gasteiger charge is 2.38. The van der Waals surface area contributed by atoms with Crippen molar-refractivity contribution in [2.24, 2.45) is 0 Å². The van der Waals surface area contributed by atoms with Gasteiger partial charge < -0.3 is 14.9 Å². The van der Waals surface area contributed by atoms with Crippen LogP contribution in [0.15, 0.2) is 0 Å². The summed E-state index contributed by atoms with van der Waals surface area (Å²) in [6, 6.07) is 0.517. The average Bonchev–Trinajstić information content (AvgIpc) is 2.49. The summed E-state index contributed by atoms with van der Waals surface area (Å²) in [7, 11) is 0. The second-order valence-electron chi connectivity index (χ2n) is 6.31. The first-order valence-corrected chi connectivity index (χ1v) is 7.98. The molecule has 2 N–H and O–H groups in total. The minimum atomic E-state index is 0.178. The van der Waals surface area contributed by atoms with Crippen LogP contribution in [0.4, 0.5) is 0 Å². The first kappa shape index (κ1) is 16.2. The van der Waals surface area contributed by atoms with E-state index >= 15 is 0 Å².